The maximum Gasteiger partial charge on any atom is 0.338 e. The van der Waals surface area contributed by atoms with Crippen molar-refractivity contribution in [2.24, 2.45) is 46.3 Å². The predicted octanol–water partition coefficient (Wildman–Crippen LogP) is 9.47. The van der Waals surface area contributed by atoms with Crippen LogP contribution in [0.25, 0.3) is 0 Å². The van der Waals surface area contributed by atoms with E-state index in [-0.39, 0.29) is 37.9 Å². The zero-order valence-electron chi connectivity index (χ0n) is 32.3. The molecule has 5 rings (SSSR count). The molecule has 8 atom stereocenters. The van der Waals surface area contributed by atoms with E-state index in [0.29, 0.717) is 28.4 Å². The highest BCUT2D eigenvalue weighted by atomic mass is 16.6. The lowest BCUT2D eigenvalue weighted by atomic mass is 9.47. The molecule has 52 heavy (non-hydrogen) atoms. The molecule has 0 amide bonds. The van der Waals surface area contributed by atoms with E-state index in [2.05, 4.69) is 53.9 Å². The summed E-state index contributed by atoms with van der Waals surface area (Å²) in [5, 5.41) is 0. The molecule has 8 nitrogen and oxygen atoms in total. The highest BCUT2D eigenvalue weighted by Gasteiger charge is 2.59. The molecule has 4 aliphatic rings. The summed E-state index contributed by atoms with van der Waals surface area (Å²) < 4.78 is 27.8. The van der Waals surface area contributed by atoms with Crippen molar-refractivity contribution in [2.75, 3.05) is 26.4 Å². The van der Waals surface area contributed by atoms with E-state index in [1.54, 1.807) is 18.2 Å². The van der Waals surface area contributed by atoms with Gasteiger partial charge in [-0.3, -0.25) is 0 Å². The Labute approximate surface area is 311 Å². The molecule has 0 N–H and O–H groups in total. The molecule has 3 fully saturated rings. The van der Waals surface area contributed by atoms with Crippen LogP contribution in [0.1, 0.15) is 116 Å². The Bertz CT molecular complexity index is 1480. The third kappa shape index (κ3) is 8.97. The summed E-state index contributed by atoms with van der Waals surface area (Å²) in [6.45, 7) is 19.3. The van der Waals surface area contributed by atoms with Gasteiger partial charge in [-0.2, -0.15) is 0 Å². The molecule has 1 unspecified atom stereocenters. The molecule has 286 valence electrons. The molecule has 0 aliphatic heterocycles. The minimum atomic E-state index is -0.555. The van der Waals surface area contributed by atoms with Gasteiger partial charge in [0.2, 0.25) is 0 Å². The quantitative estimate of drug-likeness (QED) is 0.0517. The zero-order chi connectivity index (χ0) is 37.5. The van der Waals surface area contributed by atoms with Gasteiger partial charge in [0, 0.05) is 18.6 Å². The molecular weight excluding hydrogens is 656 g/mol. The number of esters is 3. The first-order valence-corrected chi connectivity index (χ1v) is 19.8. The Morgan fingerprint density at radius 1 is 0.846 bits per heavy atom. The standard InChI is InChI=1S/C44H62O8/c1-8-40(45)50-25-23-48-38-18-13-31(27-39(38)49-24-26-51-41(46)9-2)42(47)52-33-19-21-43(6)32(28-33)14-15-34-36-17-16-35(30(5)12-10-11-29(3)4)44(36,7)22-20-37(34)43/h8-9,13-14,18,27,29-30,33-37H,1-2,10-12,15-17,19-26,28H2,3-7H3/t30-,33?,34+,35-,36+,37+,43+,44-/m1/s1. The summed E-state index contributed by atoms with van der Waals surface area (Å²) in [5.74, 6) is 3.86. The van der Waals surface area contributed by atoms with Gasteiger partial charge in [-0.1, -0.05) is 78.7 Å². The monoisotopic (exact) mass is 718 g/mol. The van der Waals surface area contributed by atoms with Crippen molar-refractivity contribution in [3.05, 3.63) is 60.7 Å². The van der Waals surface area contributed by atoms with Crippen molar-refractivity contribution < 1.29 is 38.1 Å². The number of allylic oxidation sites excluding steroid dienone is 1. The smallest absolute Gasteiger partial charge is 0.338 e. The highest BCUT2D eigenvalue weighted by Crippen LogP contribution is 2.67. The van der Waals surface area contributed by atoms with Gasteiger partial charge in [0.1, 0.15) is 32.5 Å². The number of fused-ring (bicyclic) bond motifs is 5. The summed E-state index contributed by atoms with van der Waals surface area (Å²) >= 11 is 0. The van der Waals surface area contributed by atoms with Gasteiger partial charge in [-0.25, -0.2) is 14.4 Å². The van der Waals surface area contributed by atoms with Crippen LogP contribution < -0.4 is 9.47 Å². The topological polar surface area (TPSA) is 97.4 Å². The number of benzene rings is 1. The maximum absolute atomic E-state index is 13.5. The SMILES string of the molecule is C=CC(=O)OCCOc1ccc(C(=O)OC2CC[C@@]3(C)C(=CC[C@H]4[C@@H]5CC[C@H]([C@H](C)CCCC(C)C)[C@@]5(C)CC[C@@H]43)C2)cc1OCCOC(=O)C=C. The molecule has 0 bridgehead atoms. The van der Waals surface area contributed by atoms with E-state index in [9.17, 15) is 14.4 Å². The molecule has 0 heterocycles. The number of rotatable bonds is 17. The second-order valence-electron chi connectivity index (χ2n) is 16.7. The lowest BCUT2D eigenvalue weighted by Crippen LogP contribution is -2.51. The Balaban J connectivity index is 1.21. The lowest BCUT2D eigenvalue weighted by Gasteiger charge is -2.58. The van der Waals surface area contributed by atoms with Crippen molar-refractivity contribution in [1.29, 1.82) is 0 Å². The second kappa shape index (κ2) is 17.5. The first-order chi connectivity index (χ1) is 24.9. The molecule has 4 aliphatic carbocycles. The average Bonchev–Trinajstić information content (AvgIpc) is 3.49. The van der Waals surface area contributed by atoms with Crippen LogP contribution in [0, 0.1) is 46.3 Å². The van der Waals surface area contributed by atoms with Crippen molar-refractivity contribution in [1.82, 2.24) is 0 Å². The Hall–Kier alpha value is -3.55. The third-order valence-corrected chi connectivity index (χ3v) is 13.2. The number of hydrogen-bond acceptors (Lipinski definition) is 8. The van der Waals surface area contributed by atoms with Crippen LogP contribution in [0.15, 0.2) is 55.2 Å². The highest BCUT2D eigenvalue weighted by molar-refractivity contribution is 5.90. The van der Waals surface area contributed by atoms with E-state index < -0.39 is 17.9 Å². The third-order valence-electron chi connectivity index (χ3n) is 13.2. The van der Waals surface area contributed by atoms with Gasteiger partial charge < -0.3 is 23.7 Å². The average molecular weight is 719 g/mol. The Morgan fingerprint density at radius 2 is 1.54 bits per heavy atom. The summed E-state index contributed by atoms with van der Waals surface area (Å²) in [5.41, 5.74) is 2.46. The fourth-order valence-corrected chi connectivity index (χ4v) is 10.5. The molecule has 0 saturated heterocycles. The van der Waals surface area contributed by atoms with Crippen molar-refractivity contribution in [2.45, 2.75) is 111 Å². The van der Waals surface area contributed by atoms with E-state index in [1.165, 1.54) is 50.5 Å². The van der Waals surface area contributed by atoms with E-state index in [4.69, 9.17) is 23.7 Å². The Kier molecular flexibility index (Phi) is 13.4. The van der Waals surface area contributed by atoms with E-state index in [0.717, 1.165) is 67.4 Å². The fraction of sp³-hybridized carbons (Fsp3) is 0.659. The molecular formula is C44H62O8. The van der Waals surface area contributed by atoms with Crippen LogP contribution in [-0.2, 0) is 23.8 Å². The lowest BCUT2D eigenvalue weighted by molar-refractivity contribution is -0.139. The molecule has 8 heteroatoms. The first kappa shape index (κ1) is 39.7. The van der Waals surface area contributed by atoms with Gasteiger partial charge in [-0.05, 0) is 109 Å². The maximum atomic E-state index is 13.5. The van der Waals surface area contributed by atoms with Crippen LogP contribution >= 0.6 is 0 Å². The molecule has 1 aromatic carbocycles. The Morgan fingerprint density at radius 3 is 2.21 bits per heavy atom. The summed E-state index contributed by atoms with van der Waals surface area (Å²) in [4.78, 5) is 36.4. The van der Waals surface area contributed by atoms with Gasteiger partial charge in [0.05, 0.1) is 5.56 Å². The van der Waals surface area contributed by atoms with Crippen molar-refractivity contribution in [3.8, 4) is 11.5 Å². The number of ether oxygens (including phenoxy) is 5. The molecule has 3 saturated carbocycles. The van der Waals surface area contributed by atoms with Crippen molar-refractivity contribution in [3.63, 3.8) is 0 Å². The molecule has 0 spiro atoms. The molecule has 0 aromatic heterocycles. The van der Waals surface area contributed by atoms with Crippen LogP contribution in [-0.4, -0.2) is 50.4 Å². The van der Waals surface area contributed by atoms with Crippen LogP contribution in [0.5, 0.6) is 11.5 Å². The summed E-state index contributed by atoms with van der Waals surface area (Å²) in [6, 6.07) is 4.86. The predicted molar refractivity (Wildman–Crippen MR) is 202 cm³/mol. The van der Waals surface area contributed by atoms with Crippen molar-refractivity contribution >= 4 is 17.9 Å². The minimum absolute atomic E-state index is 0.00808. The van der Waals surface area contributed by atoms with Crippen LogP contribution in [0.4, 0.5) is 0 Å². The fourth-order valence-electron chi connectivity index (χ4n) is 10.5. The zero-order valence-corrected chi connectivity index (χ0v) is 32.3. The summed E-state index contributed by atoms with van der Waals surface area (Å²) in [6.07, 6.45) is 17.9. The number of hydrogen-bond donors (Lipinski definition) is 0. The molecule has 1 aromatic rings. The number of carbonyl (C=O) groups excluding carboxylic acids is 3. The largest absolute Gasteiger partial charge is 0.486 e. The van der Waals surface area contributed by atoms with Gasteiger partial charge in [-0.15, -0.1) is 0 Å². The second-order valence-corrected chi connectivity index (χ2v) is 16.7. The van der Waals surface area contributed by atoms with Crippen LogP contribution in [0.2, 0.25) is 0 Å². The van der Waals surface area contributed by atoms with Gasteiger partial charge in [0.25, 0.3) is 0 Å². The van der Waals surface area contributed by atoms with Gasteiger partial charge >= 0.3 is 17.9 Å². The van der Waals surface area contributed by atoms with Crippen LogP contribution in [0.3, 0.4) is 0 Å². The first-order valence-electron chi connectivity index (χ1n) is 19.8. The minimum Gasteiger partial charge on any atom is -0.486 e. The summed E-state index contributed by atoms with van der Waals surface area (Å²) in [7, 11) is 0. The van der Waals surface area contributed by atoms with Gasteiger partial charge in [0.15, 0.2) is 11.5 Å². The normalized spacial score (nSPS) is 29.7. The van der Waals surface area contributed by atoms with E-state index >= 15 is 0 Å². The molecule has 0 radical (unpaired) electrons. The van der Waals surface area contributed by atoms with E-state index in [1.807, 2.05) is 0 Å². The number of carbonyl (C=O) groups is 3.